The van der Waals surface area contributed by atoms with Crippen LogP contribution in [0.4, 0.5) is 0 Å². The van der Waals surface area contributed by atoms with Crippen molar-refractivity contribution in [1.82, 2.24) is 0 Å². The van der Waals surface area contributed by atoms with E-state index in [0.29, 0.717) is 0 Å². The number of fused-ring (bicyclic) bond motifs is 1. The van der Waals surface area contributed by atoms with Crippen molar-refractivity contribution in [3.05, 3.63) is 52.0 Å². The molecule has 0 amide bonds. The van der Waals surface area contributed by atoms with Crippen LogP contribution in [0.3, 0.4) is 0 Å². The Bertz CT molecular complexity index is 534. The lowest BCUT2D eigenvalue weighted by Gasteiger charge is -2.14. The van der Waals surface area contributed by atoms with Crippen LogP contribution < -0.4 is 0 Å². The first-order valence-electron chi connectivity index (χ1n) is 6.54. The molecule has 0 aliphatic heterocycles. The lowest BCUT2D eigenvalue weighted by atomic mass is 9.96. The summed E-state index contributed by atoms with van der Waals surface area (Å²) in [7, 11) is -0.139. The fraction of sp³-hybridized carbons (Fsp3) is 0.375. The maximum absolute atomic E-state index is 2.35. The average Bonchev–Trinajstić information content (AvgIpc) is 2.64. The molecule has 3 rings (SSSR count). The fourth-order valence-corrected chi connectivity index (χ4v) is 6.03. The molecule has 0 N–H and O–H groups in total. The predicted molar refractivity (Wildman–Crippen MR) is 76.6 cm³/mol. The fourth-order valence-electron chi connectivity index (χ4n) is 3.06. The van der Waals surface area contributed by atoms with Gasteiger partial charge in [0.05, 0.1) is 0 Å². The molecule has 0 saturated heterocycles. The van der Waals surface area contributed by atoms with E-state index in [1.807, 2.05) is 0 Å². The van der Waals surface area contributed by atoms with E-state index in [2.05, 4.69) is 44.2 Å². The predicted octanol–water partition coefficient (Wildman–Crippen LogP) is 5.16. The Morgan fingerprint density at radius 1 is 0.941 bits per heavy atom. The summed E-state index contributed by atoms with van der Waals surface area (Å²) in [6.45, 7) is 4.69. The van der Waals surface area contributed by atoms with Crippen LogP contribution in [0.5, 0.6) is 0 Å². The SMILES string of the molecule is Cc1c2c(p(-c3ccccc3)c1C)CCCC2. The topological polar surface area (TPSA) is 0 Å². The minimum Gasteiger partial charge on any atom is -0.0865 e. The summed E-state index contributed by atoms with van der Waals surface area (Å²) in [5, 5.41) is 4.98. The third-order valence-corrected chi connectivity index (χ3v) is 6.91. The van der Waals surface area contributed by atoms with Gasteiger partial charge in [-0.2, -0.15) is 0 Å². The van der Waals surface area contributed by atoms with Gasteiger partial charge in [-0.05, 0) is 66.6 Å². The van der Waals surface area contributed by atoms with Crippen molar-refractivity contribution in [1.29, 1.82) is 0 Å². The van der Waals surface area contributed by atoms with E-state index in [0.717, 1.165) is 0 Å². The van der Waals surface area contributed by atoms with Crippen LogP contribution in [-0.2, 0) is 12.8 Å². The van der Waals surface area contributed by atoms with Crippen LogP contribution in [0.25, 0.3) is 5.30 Å². The van der Waals surface area contributed by atoms with Crippen molar-refractivity contribution < 1.29 is 0 Å². The highest BCUT2D eigenvalue weighted by Gasteiger charge is 2.21. The van der Waals surface area contributed by atoms with Crippen molar-refractivity contribution >= 4 is 7.53 Å². The molecule has 0 spiro atoms. The smallest absolute Gasteiger partial charge is 0.00167 e. The van der Waals surface area contributed by atoms with Crippen molar-refractivity contribution in [3.63, 3.8) is 0 Å². The van der Waals surface area contributed by atoms with Crippen LogP contribution in [0.15, 0.2) is 30.3 Å². The molecule has 1 aromatic heterocycles. The summed E-state index contributed by atoms with van der Waals surface area (Å²) < 4.78 is 0. The van der Waals surface area contributed by atoms with Crippen molar-refractivity contribution in [2.24, 2.45) is 0 Å². The molecular formula is C16H19P. The molecule has 1 atom stereocenters. The molecule has 0 radical (unpaired) electrons. The number of benzene rings is 1. The van der Waals surface area contributed by atoms with E-state index in [-0.39, 0.29) is 7.53 Å². The zero-order chi connectivity index (χ0) is 11.8. The highest BCUT2D eigenvalue weighted by Crippen LogP contribution is 2.53. The first-order chi connectivity index (χ1) is 8.29. The van der Waals surface area contributed by atoms with E-state index in [1.165, 1.54) is 25.7 Å². The van der Waals surface area contributed by atoms with E-state index in [1.54, 1.807) is 27.0 Å². The third kappa shape index (κ3) is 1.76. The number of rotatable bonds is 1. The van der Waals surface area contributed by atoms with Gasteiger partial charge in [-0.25, -0.2) is 0 Å². The van der Waals surface area contributed by atoms with Crippen LogP contribution in [0, 0.1) is 13.8 Å². The van der Waals surface area contributed by atoms with Gasteiger partial charge in [0.15, 0.2) is 0 Å². The Balaban J connectivity index is 2.23. The summed E-state index contributed by atoms with van der Waals surface area (Å²) in [6, 6.07) is 11.1. The average molecular weight is 242 g/mol. The second-order valence-electron chi connectivity index (χ2n) is 5.01. The highest BCUT2D eigenvalue weighted by molar-refractivity contribution is 7.58. The second kappa shape index (κ2) is 4.35. The molecule has 2 aromatic rings. The minimum atomic E-state index is -0.139. The Labute approximate surface area is 105 Å². The van der Waals surface area contributed by atoms with Crippen molar-refractivity contribution in [2.75, 3.05) is 0 Å². The molecule has 1 aromatic carbocycles. The van der Waals surface area contributed by atoms with E-state index in [4.69, 9.17) is 0 Å². The quantitative estimate of drug-likeness (QED) is 0.648. The molecule has 1 heterocycles. The summed E-state index contributed by atoms with van der Waals surface area (Å²) >= 11 is 0. The monoisotopic (exact) mass is 242 g/mol. The molecule has 0 saturated carbocycles. The first-order valence-corrected chi connectivity index (χ1v) is 7.88. The van der Waals surface area contributed by atoms with Gasteiger partial charge >= 0.3 is 0 Å². The van der Waals surface area contributed by atoms with E-state index >= 15 is 0 Å². The van der Waals surface area contributed by atoms with Crippen LogP contribution in [-0.4, -0.2) is 0 Å². The maximum atomic E-state index is 2.35. The summed E-state index contributed by atoms with van der Waals surface area (Å²) in [5.74, 6) is 0. The van der Waals surface area contributed by atoms with Gasteiger partial charge in [0.1, 0.15) is 0 Å². The van der Waals surface area contributed by atoms with E-state index < -0.39 is 0 Å². The zero-order valence-corrected chi connectivity index (χ0v) is 11.6. The van der Waals surface area contributed by atoms with Gasteiger partial charge in [0.2, 0.25) is 0 Å². The van der Waals surface area contributed by atoms with Gasteiger partial charge in [-0.1, -0.05) is 37.9 Å². The molecule has 0 nitrogen and oxygen atoms in total. The standard InChI is InChI=1S/C16H19P/c1-12-13(2)17(14-8-4-3-5-9-14)16-11-7-6-10-15(12)16/h3-5,8-9H,6-7,10-11H2,1-2H3. The molecule has 17 heavy (non-hydrogen) atoms. The van der Waals surface area contributed by atoms with Crippen LogP contribution in [0.1, 0.15) is 34.6 Å². The summed E-state index contributed by atoms with van der Waals surface area (Å²) in [6.07, 6.45) is 5.45. The van der Waals surface area contributed by atoms with Gasteiger partial charge in [-0.15, -0.1) is 0 Å². The van der Waals surface area contributed by atoms with Crippen molar-refractivity contribution in [3.8, 4) is 5.30 Å². The number of hydrogen-bond acceptors (Lipinski definition) is 0. The minimum absolute atomic E-state index is 0.139. The molecule has 1 heteroatoms. The van der Waals surface area contributed by atoms with Gasteiger partial charge in [0.25, 0.3) is 0 Å². The highest BCUT2D eigenvalue weighted by atomic mass is 31.1. The molecule has 0 bridgehead atoms. The third-order valence-electron chi connectivity index (χ3n) is 4.05. The molecule has 88 valence electrons. The Morgan fingerprint density at radius 2 is 1.65 bits per heavy atom. The lowest BCUT2D eigenvalue weighted by Crippen LogP contribution is -1.99. The first kappa shape index (κ1) is 11.1. The second-order valence-corrected chi connectivity index (χ2v) is 7.41. The van der Waals surface area contributed by atoms with Gasteiger partial charge < -0.3 is 0 Å². The van der Waals surface area contributed by atoms with Crippen molar-refractivity contribution in [2.45, 2.75) is 39.5 Å². The Kier molecular flexibility index (Phi) is 2.84. The largest absolute Gasteiger partial charge is 0.0865 e. The summed E-state index contributed by atoms with van der Waals surface area (Å²) in [4.78, 5) is 0. The van der Waals surface area contributed by atoms with E-state index in [9.17, 15) is 0 Å². The normalized spacial score (nSPS) is 15.8. The molecular weight excluding hydrogens is 223 g/mol. The molecule has 1 aliphatic rings. The summed E-state index contributed by atoms with van der Waals surface area (Å²) in [5.41, 5.74) is 3.32. The molecule has 0 fully saturated rings. The number of hydrogen-bond donors (Lipinski definition) is 0. The van der Waals surface area contributed by atoms with Crippen LogP contribution >= 0.6 is 7.53 Å². The Hall–Kier alpha value is -1.00. The van der Waals surface area contributed by atoms with Crippen LogP contribution in [0.2, 0.25) is 0 Å². The zero-order valence-electron chi connectivity index (χ0n) is 10.7. The maximum Gasteiger partial charge on any atom is -0.00167 e. The van der Waals surface area contributed by atoms with Gasteiger partial charge in [-0.3, -0.25) is 0 Å². The lowest BCUT2D eigenvalue weighted by molar-refractivity contribution is 0.694. The van der Waals surface area contributed by atoms with Gasteiger partial charge in [0, 0.05) is 0 Å². The molecule has 1 unspecified atom stereocenters. The molecule has 1 aliphatic carbocycles. The Morgan fingerprint density at radius 3 is 2.41 bits per heavy atom.